The Balaban J connectivity index is 1.63. The molecule has 1 aliphatic rings. The normalized spacial score (nSPS) is 19.9. The van der Waals surface area contributed by atoms with Gasteiger partial charge in [-0.1, -0.05) is 13.8 Å². The highest BCUT2D eigenvalue weighted by molar-refractivity contribution is 7.07. The molecule has 1 saturated heterocycles. The van der Waals surface area contributed by atoms with Crippen molar-refractivity contribution in [2.75, 3.05) is 32.8 Å². The molecule has 21 heavy (non-hydrogen) atoms. The molecule has 118 valence electrons. The van der Waals surface area contributed by atoms with Gasteiger partial charge in [0.25, 0.3) is 0 Å². The average molecular weight is 310 g/mol. The first-order chi connectivity index (χ1) is 10.1. The van der Waals surface area contributed by atoms with E-state index in [4.69, 9.17) is 4.74 Å². The maximum absolute atomic E-state index is 11.9. The van der Waals surface area contributed by atoms with E-state index in [-0.39, 0.29) is 12.0 Å². The number of nitrogens with zero attached hydrogens (tertiary/aromatic N) is 1. The second-order valence-electron chi connectivity index (χ2n) is 6.08. The maximum atomic E-state index is 11.9. The van der Waals surface area contributed by atoms with E-state index in [2.05, 4.69) is 35.5 Å². The molecule has 2 rings (SSSR count). The van der Waals surface area contributed by atoms with Gasteiger partial charge in [-0.25, -0.2) is 0 Å². The molecule has 0 radical (unpaired) electrons. The van der Waals surface area contributed by atoms with Gasteiger partial charge in [0, 0.05) is 32.6 Å². The van der Waals surface area contributed by atoms with Crippen LogP contribution >= 0.6 is 11.3 Å². The zero-order valence-electron chi connectivity index (χ0n) is 13.0. The summed E-state index contributed by atoms with van der Waals surface area (Å²) in [5, 5.41) is 7.15. The van der Waals surface area contributed by atoms with Gasteiger partial charge in [-0.15, -0.1) is 0 Å². The molecule has 4 nitrogen and oxygen atoms in total. The fraction of sp³-hybridized carbons (Fsp3) is 0.688. The van der Waals surface area contributed by atoms with Gasteiger partial charge in [0.2, 0.25) is 5.91 Å². The largest absolute Gasteiger partial charge is 0.374 e. The van der Waals surface area contributed by atoms with E-state index < -0.39 is 0 Å². The lowest BCUT2D eigenvalue weighted by Crippen LogP contribution is -2.48. The van der Waals surface area contributed by atoms with Gasteiger partial charge in [0.1, 0.15) is 0 Å². The molecule has 1 atom stereocenters. The van der Waals surface area contributed by atoms with E-state index in [1.807, 2.05) is 5.38 Å². The van der Waals surface area contributed by atoms with Crippen molar-refractivity contribution in [2.45, 2.75) is 32.8 Å². The summed E-state index contributed by atoms with van der Waals surface area (Å²) >= 11 is 1.68. The second-order valence-corrected chi connectivity index (χ2v) is 6.86. The molecule has 1 N–H and O–H groups in total. The summed E-state index contributed by atoms with van der Waals surface area (Å²) in [6.07, 6.45) is 1.50. The number of thiophene rings is 1. The van der Waals surface area contributed by atoms with Crippen LogP contribution in [0, 0.1) is 5.92 Å². The second kappa shape index (κ2) is 8.51. The highest BCUT2D eigenvalue weighted by Gasteiger charge is 2.21. The highest BCUT2D eigenvalue weighted by atomic mass is 32.1. The number of carbonyl (C=O) groups is 1. The van der Waals surface area contributed by atoms with Gasteiger partial charge in [-0.05, 0) is 34.7 Å². The first kappa shape index (κ1) is 16.5. The van der Waals surface area contributed by atoms with E-state index in [0.717, 1.165) is 32.7 Å². The summed E-state index contributed by atoms with van der Waals surface area (Å²) in [5.74, 6) is 0.787. The Morgan fingerprint density at radius 2 is 2.43 bits per heavy atom. The molecule has 0 bridgehead atoms. The number of carbonyl (C=O) groups excluding carboxylic acids is 1. The number of hydrogen-bond acceptors (Lipinski definition) is 4. The molecule has 5 heteroatoms. The van der Waals surface area contributed by atoms with E-state index in [9.17, 15) is 4.79 Å². The van der Waals surface area contributed by atoms with E-state index >= 15 is 0 Å². The molecule has 0 saturated carbocycles. The summed E-state index contributed by atoms with van der Waals surface area (Å²) in [6.45, 7) is 8.88. The van der Waals surface area contributed by atoms with Crippen LogP contribution in [-0.4, -0.2) is 49.7 Å². The molecule has 1 unspecified atom stereocenters. The number of rotatable bonds is 7. The molecule has 1 aromatic heterocycles. The SMILES string of the molecule is CC(C)CN1CCOC(CNC(=O)CCc2ccsc2)C1. The van der Waals surface area contributed by atoms with Gasteiger partial charge in [-0.3, -0.25) is 9.69 Å². The van der Waals surface area contributed by atoms with Crippen molar-refractivity contribution in [1.29, 1.82) is 0 Å². The van der Waals surface area contributed by atoms with E-state index in [1.54, 1.807) is 11.3 Å². The smallest absolute Gasteiger partial charge is 0.220 e. The van der Waals surface area contributed by atoms with Gasteiger partial charge < -0.3 is 10.1 Å². The summed E-state index contributed by atoms with van der Waals surface area (Å²) in [5.41, 5.74) is 1.24. The zero-order chi connectivity index (χ0) is 15.1. The standard InChI is InChI=1S/C16H26N2O2S/c1-13(2)10-18-6-7-20-15(11-18)9-17-16(19)4-3-14-5-8-21-12-14/h5,8,12-13,15H,3-4,6-7,9-11H2,1-2H3,(H,17,19). The number of ether oxygens (including phenoxy) is 1. The van der Waals surface area contributed by atoms with Crippen LogP contribution in [-0.2, 0) is 16.0 Å². The van der Waals surface area contributed by atoms with Crippen LogP contribution < -0.4 is 5.32 Å². The van der Waals surface area contributed by atoms with Crippen LogP contribution in [0.3, 0.4) is 0 Å². The lowest BCUT2D eigenvalue weighted by molar-refractivity contribution is -0.122. The Hall–Kier alpha value is -0.910. The van der Waals surface area contributed by atoms with Crippen LogP contribution in [0.2, 0.25) is 0 Å². The molecule has 1 fully saturated rings. The maximum Gasteiger partial charge on any atom is 0.220 e. The number of amides is 1. The van der Waals surface area contributed by atoms with Gasteiger partial charge in [-0.2, -0.15) is 11.3 Å². The molecular weight excluding hydrogens is 284 g/mol. The Bertz CT molecular complexity index is 420. The topological polar surface area (TPSA) is 41.6 Å². The van der Waals surface area contributed by atoms with Crippen molar-refractivity contribution >= 4 is 17.2 Å². The van der Waals surface area contributed by atoms with Crippen molar-refractivity contribution in [1.82, 2.24) is 10.2 Å². The minimum absolute atomic E-state index is 0.116. The van der Waals surface area contributed by atoms with E-state index in [1.165, 1.54) is 5.56 Å². The summed E-state index contributed by atoms with van der Waals surface area (Å²) < 4.78 is 5.74. The third-order valence-corrected chi connectivity index (χ3v) is 4.33. The van der Waals surface area contributed by atoms with Crippen LogP contribution in [0.5, 0.6) is 0 Å². The third-order valence-electron chi connectivity index (χ3n) is 3.59. The predicted octanol–water partition coefficient (Wildman–Crippen LogP) is 2.15. The van der Waals surface area contributed by atoms with Crippen LogP contribution in [0.4, 0.5) is 0 Å². The Labute approximate surface area is 131 Å². The Kier molecular flexibility index (Phi) is 6.67. The summed E-state index contributed by atoms with van der Waals surface area (Å²) in [6, 6.07) is 2.08. The quantitative estimate of drug-likeness (QED) is 0.839. The zero-order valence-corrected chi connectivity index (χ0v) is 13.8. The fourth-order valence-electron chi connectivity index (χ4n) is 2.59. The molecule has 0 spiro atoms. The van der Waals surface area contributed by atoms with E-state index in [0.29, 0.717) is 18.9 Å². The molecule has 1 aliphatic heterocycles. The van der Waals surface area contributed by atoms with Crippen LogP contribution in [0.15, 0.2) is 16.8 Å². The molecule has 1 aromatic rings. The van der Waals surface area contributed by atoms with Crippen LogP contribution in [0.1, 0.15) is 25.8 Å². The molecular formula is C16H26N2O2S. The van der Waals surface area contributed by atoms with Crippen molar-refractivity contribution in [3.63, 3.8) is 0 Å². The monoisotopic (exact) mass is 310 g/mol. The lowest BCUT2D eigenvalue weighted by atomic mass is 10.1. The van der Waals surface area contributed by atoms with Crippen LogP contribution in [0.25, 0.3) is 0 Å². The number of aryl methyl sites for hydroxylation is 1. The lowest BCUT2D eigenvalue weighted by Gasteiger charge is -2.33. The predicted molar refractivity (Wildman–Crippen MR) is 86.7 cm³/mol. The number of morpholine rings is 1. The average Bonchev–Trinajstić information content (AvgIpc) is 2.96. The molecule has 1 amide bonds. The van der Waals surface area contributed by atoms with Crippen molar-refractivity contribution in [2.24, 2.45) is 5.92 Å². The minimum Gasteiger partial charge on any atom is -0.374 e. The Morgan fingerprint density at radius 3 is 3.14 bits per heavy atom. The van der Waals surface area contributed by atoms with Gasteiger partial charge in [0.05, 0.1) is 12.7 Å². The molecule has 2 heterocycles. The molecule has 0 aliphatic carbocycles. The van der Waals surface area contributed by atoms with Crippen molar-refractivity contribution < 1.29 is 9.53 Å². The van der Waals surface area contributed by atoms with Crippen molar-refractivity contribution in [3.05, 3.63) is 22.4 Å². The fourth-order valence-corrected chi connectivity index (χ4v) is 3.30. The number of hydrogen-bond donors (Lipinski definition) is 1. The summed E-state index contributed by atoms with van der Waals surface area (Å²) in [4.78, 5) is 14.3. The number of nitrogens with one attached hydrogen (secondary N) is 1. The first-order valence-corrected chi connectivity index (χ1v) is 8.69. The van der Waals surface area contributed by atoms with Gasteiger partial charge >= 0.3 is 0 Å². The highest BCUT2D eigenvalue weighted by Crippen LogP contribution is 2.09. The first-order valence-electron chi connectivity index (χ1n) is 7.75. The minimum atomic E-state index is 0.116. The third kappa shape index (κ3) is 6.16. The van der Waals surface area contributed by atoms with Gasteiger partial charge in [0.15, 0.2) is 0 Å². The molecule has 0 aromatic carbocycles. The summed E-state index contributed by atoms with van der Waals surface area (Å²) in [7, 11) is 0. The van der Waals surface area contributed by atoms with Crippen molar-refractivity contribution in [3.8, 4) is 0 Å². The Morgan fingerprint density at radius 1 is 1.57 bits per heavy atom.